The molecule has 0 bridgehead atoms. The van der Waals surface area contributed by atoms with Crippen LogP contribution in [0.25, 0.3) is 0 Å². The van der Waals surface area contributed by atoms with E-state index in [0.29, 0.717) is 12.6 Å². The third-order valence-corrected chi connectivity index (χ3v) is 2.53. The molecule has 3 N–H and O–H groups in total. The highest BCUT2D eigenvalue weighted by atomic mass is 16.4. The zero-order valence-corrected chi connectivity index (χ0v) is 9.45. The molecule has 0 atom stereocenters. The van der Waals surface area contributed by atoms with E-state index in [2.05, 4.69) is 10.3 Å². The number of nitrogens with two attached hydrogens (primary N) is 1. The van der Waals surface area contributed by atoms with Crippen LogP contribution in [0.2, 0.25) is 0 Å². The molecule has 0 fully saturated rings. The van der Waals surface area contributed by atoms with Gasteiger partial charge in [-0.2, -0.15) is 0 Å². The summed E-state index contributed by atoms with van der Waals surface area (Å²) in [7, 11) is 0. The van der Waals surface area contributed by atoms with Crippen molar-refractivity contribution in [2.45, 2.75) is 20.4 Å². The van der Waals surface area contributed by atoms with E-state index in [9.17, 15) is 0 Å². The van der Waals surface area contributed by atoms with Crippen LogP contribution in [0.1, 0.15) is 16.9 Å². The Hall–Kier alpha value is -1.81. The molecule has 1 heterocycles. The zero-order valence-electron chi connectivity index (χ0n) is 9.45. The van der Waals surface area contributed by atoms with Crippen LogP contribution >= 0.6 is 0 Å². The molecule has 84 valence electrons. The van der Waals surface area contributed by atoms with Crippen molar-refractivity contribution in [3.8, 4) is 0 Å². The summed E-state index contributed by atoms with van der Waals surface area (Å²) >= 11 is 0. The second-order valence-electron chi connectivity index (χ2n) is 3.69. The van der Waals surface area contributed by atoms with E-state index in [1.807, 2.05) is 32.0 Å². The standard InChI is InChI=1S/C12H15N3O/c1-8-7-14-12(16-8)15-11-5-3-4-10(6-13)9(11)2/h3-5,7H,6,13H2,1-2H3,(H,14,15). The average molecular weight is 217 g/mol. The van der Waals surface area contributed by atoms with Gasteiger partial charge in [0, 0.05) is 12.2 Å². The summed E-state index contributed by atoms with van der Waals surface area (Å²) in [6, 6.07) is 6.47. The molecule has 0 amide bonds. The second-order valence-corrected chi connectivity index (χ2v) is 3.69. The maximum Gasteiger partial charge on any atom is 0.299 e. The SMILES string of the molecule is Cc1cnc(Nc2cccc(CN)c2C)o1. The Bertz CT molecular complexity index is 491. The van der Waals surface area contributed by atoms with Crippen molar-refractivity contribution in [3.05, 3.63) is 41.3 Å². The predicted octanol–water partition coefficient (Wildman–Crippen LogP) is 2.49. The molecular weight excluding hydrogens is 202 g/mol. The van der Waals surface area contributed by atoms with Gasteiger partial charge in [-0.3, -0.25) is 0 Å². The van der Waals surface area contributed by atoms with E-state index < -0.39 is 0 Å². The van der Waals surface area contributed by atoms with Gasteiger partial charge in [-0.15, -0.1) is 0 Å². The first kappa shape index (κ1) is 10.7. The monoisotopic (exact) mass is 217 g/mol. The number of anilines is 2. The largest absolute Gasteiger partial charge is 0.429 e. The number of nitrogens with zero attached hydrogens (tertiary/aromatic N) is 1. The first-order chi connectivity index (χ1) is 7.70. The van der Waals surface area contributed by atoms with E-state index >= 15 is 0 Å². The maximum atomic E-state index is 5.65. The molecule has 0 aliphatic heterocycles. The van der Waals surface area contributed by atoms with Gasteiger partial charge in [-0.25, -0.2) is 4.98 Å². The van der Waals surface area contributed by atoms with Crippen LogP contribution in [0.5, 0.6) is 0 Å². The molecule has 4 nitrogen and oxygen atoms in total. The molecule has 0 saturated carbocycles. The Kier molecular flexibility index (Phi) is 2.92. The van der Waals surface area contributed by atoms with Crippen molar-refractivity contribution in [1.29, 1.82) is 0 Å². The highest BCUT2D eigenvalue weighted by Gasteiger charge is 2.05. The highest BCUT2D eigenvalue weighted by Crippen LogP contribution is 2.22. The molecule has 2 aromatic rings. The number of nitrogens with one attached hydrogen (secondary N) is 1. The minimum Gasteiger partial charge on any atom is -0.429 e. The lowest BCUT2D eigenvalue weighted by atomic mass is 10.1. The molecular formula is C12H15N3O. The topological polar surface area (TPSA) is 64.1 Å². The zero-order chi connectivity index (χ0) is 11.5. The Balaban J connectivity index is 2.28. The molecule has 0 radical (unpaired) electrons. The summed E-state index contributed by atoms with van der Waals surface area (Å²) in [5.74, 6) is 0.787. The lowest BCUT2D eigenvalue weighted by Crippen LogP contribution is -2.02. The fraction of sp³-hybridized carbons (Fsp3) is 0.250. The predicted molar refractivity (Wildman–Crippen MR) is 63.6 cm³/mol. The Morgan fingerprint density at radius 2 is 2.19 bits per heavy atom. The number of aryl methyl sites for hydroxylation is 1. The van der Waals surface area contributed by atoms with E-state index in [0.717, 1.165) is 22.6 Å². The van der Waals surface area contributed by atoms with E-state index in [1.54, 1.807) is 6.20 Å². The Labute approximate surface area is 94.5 Å². The number of rotatable bonds is 3. The van der Waals surface area contributed by atoms with Crippen LogP contribution in [0.15, 0.2) is 28.8 Å². The first-order valence-corrected chi connectivity index (χ1v) is 5.18. The molecule has 0 spiro atoms. The van der Waals surface area contributed by atoms with Crippen LogP contribution in [0.4, 0.5) is 11.7 Å². The summed E-state index contributed by atoms with van der Waals surface area (Å²) < 4.78 is 5.36. The van der Waals surface area contributed by atoms with Crippen molar-refractivity contribution in [3.63, 3.8) is 0 Å². The normalized spacial score (nSPS) is 10.4. The second kappa shape index (κ2) is 4.37. The fourth-order valence-corrected chi connectivity index (χ4v) is 1.57. The van der Waals surface area contributed by atoms with Gasteiger partial charge in [0.2, 0.25) is 0 Å². The number of aromatic nitrogens is 1. The first-order valence-electron chi connectivity index (χ1n) is 5.18. The number of hydrogen-bond donors (Lipinski definition) is 2. The fourth-order valence-electron chi connectivity index (χ4n) is 1.57. The lowest BCUT2D eigenvalue weighted by Gasteiger charge is -2.09. The summed E-state index contributed by atoms with van der Waals surface area (Å²) in [4.78, 5) is 4.10. The smallest absolute Gasteiger partial charge is 0.299 e. The molecule has 1 aromatic heterocycles. The minimum atomic E-state index is 0.509. The molecule has 16 heavy (non-hydrogen) atoms. The van der Waals surface area contributed by atoms with Crippen molar-refractivity contribution in [1.82, 2.24) is 4.98 Å². The van der Waals surface area contributed by atoms with Gasteiger partial charge in [0.05, 0.1) is 6.20 Å². The average Bonchev–Trinajstić information content (AvgIpc) is 2.67. The van der Waals surface area contributed by atoms with Crippen molar-refractivity contribution in [2.24, 2.45) is 5.73 Å². The highest BCUT2D eigenvalue weighted by molar-refractivity contribution is 5.59. The molecule has 0 saturated heterocycles. The molecule has 4 heteroatoms. The van der Waals surface area contributed by atoms with Gasteiger partial charge >= 0.3 is 0 Å². The third kappa shape index (κ3) is 2.06. The van der Waals surface area contributed by atoms with Crippen LogP contribution in [-0.2, 0) is 6.54 Å². The van der Waals surface area contributed by atoms with Crippen LogP contribution < -0.4 is 11.1 Å². The summed E-state index contributed by atoms with van der Waals surface area (Å²) in [6.45, 7) is 4.42. The summed E-state index contributed by atoms with van der Waals surface area (Å²) in [5.41, 5.74) is 8.87. The van der Waals surface area contributed by atoms with E-state index in [1.165, 1.54) is 0 Å². The molecule has 0 aliphatic carbocycles. The van der Waals surface area contributed by atoms with Gasteiger partial charge in [-0.1, -0.05) is 12.1 Å². The van der Waals surface area contributed by atoms with Crippen LogP contribution in [0, 0.1) is 13.8 Å². The van der Waals surface area contributed by atoms with Crippen molar-refractivity contribution >= 4 is 11.7 Å². The van der Waals surface area contributed by atoms with Gasteiger partial charge in [0.25, 0.3) is 6.01 Å². The number of benzene rings is 1. The summed E-state index contributed by atoms with van der Waals surface area (Å²) in [6.07, 6.45) is 1.68. The van der Waals surface area contributed by atoms with Gasteiger partial charge in [0.15, 0.2) is 0 Å². The van der Waals surface area contributed by atoms with Crippen LogP contribution in [-0.4, -0.2) is 4.98 Å². The van der Waals surface area contributed by atoms with E-state index in [-0.39, 0.29) is 0 Å². The maximum absolute atomic E-state index is 5.65. The quantitative estimate of drug-likeness (QED) is 0.829. The lowest BCUT2D eigenvalue weighted by molar-refractivity contribution is 0.545. The number of hydrogen-bond acceptors (Lipinski definition) is 4. The third-order valence-electron chi connectivity index (χ3n) is 2.53. The van der Waals surface area contributed by atoms with Crippen molar-refractivity contribution in [2.75, 3.05) is 5.32 Å². The van der Waals surface area contributed by atoms with Gasteiger partial charge in [-0.05, 0) is 31.0 Å². The molecule has 1 aromatic carbocycles. The Morgan fingerprint density at radius 1 is 1.38 bits per heavy atom. The minimum absolute atomic E-state index is 0.509. The number of oxazole rings is 1. The molecule has 0 unspecified atom stereocenters. The van der Waals surface area contributed by atoms with Crippen molar-refractivity contribution < 1.29 is 4.42 Å². The molecule has 2 rings (SSSR count). The molecule has 0 aliphatic rings. The van der Waals surface area contributed by atoms with Crippen LogP contribution in [0.3, 0.4) is 0 Å². The summed E-state index contributed by atoms with van der Waals surface area (Å²) in [5, 5.41) is 3.13. The van der Waals surface area contributed by atoms with E-state index in [4.69, 9.17) is 10.2 Å². The Morgan fingerprint density at radius 3 is 2.81 bits per heavy atom. The van der Waals surface area contributed by atoms with Gasteiger partial charge in [0.1, 0.15) is 5.76 Å². The van der Waals surface area contributed by atoms with Gasteiger partial charge < -0.3 is 15.5 Å².